The summed E-state index contributed by atoms with van der Waals surface area (Å²) < 4.78 is 0. The number of hydrogen-bond acceptors (Lipinski definition) is 3. The number of aromatic nitrogens is 1. The fraction of sp³-hybridized carbons (Fsp3) is 0.600. The number of nitrogens with zero attached hydrogens (tertiary/aromatic N) is 1. The second kappa shape index (κ2) is 7.43. The van der Waals surface area contributed by atoms with E-state index in [9.17, 15) is 0 Å². The number of anilines is 1. The molecule has 0 aliphatic rings. The molecule has 1 heterocycles. The van der Waals surface area contributed by atoms with Gasteiger partial charge in [0.05, 0.1) is 5.56 Å². The van der Waals surface area contributed by atoms with E-state index in [4.69, 9.17) is 18.0 Å². The highest BCUT2D eigenvalue weighted by molar-refractivity contribution is 7.80. The molecule has 0 amide bonds. The van der Waals surface area contributed by atoms with Gasteiger partial charge in [0.15, 0.2) is 0 Å². The van der Waals surface area contributed by atoms with Crippen LogP contribution in [0.25, 0.3) is 0 Å². The molecule has 0 bridgehead atoms. The maximum atomic E-state index is 5.70. The summed E-state index contributed by atoms with van der Waals surface area (Å²) in [6.45, 7) is 7.66. The monoisotopic (exact) mass is 279 g/mol. The van der Waals surface area contributed by atoms with Crippen molar-refractivity contribution in [1.29, 1.82) is 0 Å². The average Bonchev–Trinajstić information content (AvgIpc) is 2.37. The first-order valence-electron chi connectivity index (χ1n) is 6.95. The highest BCUT2D eigenvalue weighted by atomic mass is 32.1. The van der Waals surface area contributed by atoms with Gasteiger partial charge in [-0.1, -0.05) is 52.3 Å². The Labute approximate surface area is 122 Å². The number of nitrogens with two attached hydrogens (primary N) is 1. The van der Waals surface area contributed by atoms with Gasteiger partial charge >= 0.3 is 0 Å². The van der Waals surface area contributed by atoms with E-state index in [1.165, 1.54) is 25.7 Å². The fourth-order valence-electron chi connectivity index (χ4n) is 2.01. The predicted octanol–water partition coefficient (Wildman–Crippen LogP) is 3.73. The smallest absolute Gasteiger partial charge is 0.136 e. The summed E-state index contributed by atoms with van der Waals surface area (Å²) in [5.74, 6) is 0.790. The lowest BCUT2D eigenvalue weighted by molar-refractivity contribution is 0.342. The molecule has 0 aliphatic carbocycles. The van der Waals surface area contributed by atoms with Gasteiger partial charge in [0.1, 0.15) is 10.8 Å². The first-order chi connectivity index (χ1) is 8.96. The van der Waals surface area contributed by atoms with Crippen molar-refractivity contribution in [3.63, 3.8) is 0 Å². The second-order valence-corrected chi connectivity index (χ2v) is 6.18. The molecule has 0 fully saturated rings. The minimum Gasteiger partial charge on any atom is -0.389 e. The maximum absolute atomic E-state index is 5.70. The van der Waals surface area contributed by atoms with Gasteiger partial charge < -0.3 is 11.1 Å². The van der Waals surface area contributed by atoms with Crippen LogP contribution in [-0.2, 0) is 0 Å². The Morgan fingerprint density at radius 2 is 2.16 bits per heavy atom. The number of pyridine rings is 1. The number of nitrogens with one attached hydrogen (secondary N) is 1. The van der Waals surface area contributed by atoms with Crippen LogP contribution in [0.15, 0.2) is 18.3 Å². The van der Waals surface area contributed by atoms with E-state index in [2.05, 4.69) is 31.1 Å². The van der Waals surface area contributed by atoms with E-state index in [-0.39, 0.29) is 5.41 Å². The zero-order valence-corrected chi connectivity index (χ0v) is 13.0. The first-order valence-corrected chi connectivity index (χ1v) is 7.36. The van der Waals surface area contributed by atoms with Gasteiger partial charge in [0.2, 0.25) is 0 Å². The van der Waals surface area contributed by atoms with Crippen molar-refractivity contribution in [1.82, 2.24) is 4.98 Å². The molecule has 1 aromatic rings. The third-order valence-electron chi connectivity index (χ3n) is 3.26. The van der Waals surface area contributed by atoms with Gasteiger partial charge in [0.25, 0.3) is 0 Å². The quantitative estimate of drug-likeness (QED) is 0.562. The molecule has 4 heteroatoms. The molecule has 0 saturated heterocycles. The van der Waals surface area contributed by atoms with E-state index in [0.29, 0.717) is 4.99 Å². The van der Waals surface area contributed by atoms with Gasteiger partial charge in [-0.25, -0.2) is 4.98 Å². The largest absolute Gasteiger partial charge is 0.389 e. The zero-order valence-electron chi connectivity index (χ0n) is 12.2. The molecule has 0 unspecified atom stereocenters. The molecule has 0 atom stereocenters. The topological polar surface area (TPSA) is 50.9 Å². The van der Waals surface area contributed by atoms with Crippen LogP contribution in [0, 0.1) is 5.41 Å². The van der Waals surface area contributed by atoms with E-state index >= 15 is 0 Å². The molecule has 0 saturated carbocycles. The minimum atomic E-state index is 0.250. The molecule has 0 aromatic carbocycles. The normalized spacial score (nSPS) is 11.3. The zero-order chi connectivity index (χ0) is 14.3. The van der Waals surface area contributed by atoms with Crippen LogP contribution in [0.3, 0.4) is 0 Å². The van der Waals surface area contributed by atoms with Crippen molar-refractivity contribution in [2.45, 2.75) is 46.5 Å². The Morgan fingerprint density at radius 1 is 1.42 bits per heavy atom. The minimum absolute atomic E-state index is 0.250. The Balaban J connectivity index is 2.58. The van der Waals surface area contributed by atoms with Crippen LogP contribution < -0.4 is 11.1 Å². The molecule has 0 aliphatic heterocycles. The SMILES string of the molecule is CCCCCC(C)(C)CNc1ncccc1C(N)=S. The second-order valence-electron chi connectivity index (χ2n) is 5.74. The van der Waals surface area contributed by atoms with E-state index < -0.39 is 0 Å². The highest BCUT2D eigenvalue weighted by Crippen LogP contribution is 2.24. The standard InChI is InChI=1S/C15H25N3S/c1-4-5-6-9-15(2,3)11-18-14-12(13(16)19)8-7-10-17-14/h7-8,10H,4-6,9,11H2,1-3H3,(H2,16,19)(H,17,18). The van der Waals surface area contributed by atoms with Crippen LogP contribution in [0.2, 0.25) is 0 Å². The summed E-state index contributed by atoms with van der Waals surface area (Å²) in [5, 5.41) is 3.38. The molecule has 3 N–H and O–H groups in total. The van der Waals surface area contributed by atoms with Crippen LogP contribution >= 0.6 is 12.2 Å². The molecule has 0 spiro atoms. The number of unbranched alkanes of at least 4 members (excludes halogenated alkanes) is 2. The Kier molecular flexibility index (Phi) is 6.22. The lowest BCUT2D eigenvalue weighted by atomic mass is 9.87. The number of hydrogen-bond donors (Lipinski definition) is 2. The molecule has 1 aromatic heterocycles. The third kappa shape index (κ3) is 5.55. The Morgan fingerprint density at radius 3 is 2.79 bits per heavy atom. The van der Waals surface area contributed by atoms with E-state index in [0.717, 1.165) is 17.9 Å². The lowest BCUT2D eigenvalue weighted by Gasteiger charge is -2.25. The molecule has 0 radical (unpaired) electrons. The molecule has 1 rings (SSSR count). The van der Waals surface area contributed by atoms with Gasteiger partial charge in [0, 0.05) is 12.7 Å². The summed E-state index contributed by atoms with van der Waals surface area (Å²) in [5.41, 5.74) is 6.77. The van der Waals surface area contributed by atoms with Crippen molar-refractivity contribution < 1.29 is 0 Å². The summed E-state index contributed by atoms with van der Waals surface area (Å²) in [4.78, 5) is 4.71. The van der Waals surface area contributed by atoms with Crippen molar-refractivity contribution in [3.8, 4) is 0 Å². The van der Waals surface area contributed by atoms with Crippen molar-refractivity contribution in [3.05, 3.63) is 23.9 Å². The Hall–Kier alpha value is -1.16. The highest BCUT2D eigenvalue weighted by Gasteiger charge is 2.18. The molecule has 106 valence electrons. The Bertz CT molecular complexity index is 416. The van der Waals surface area contributed by atoms with Crippen LogP contribution in [0.1, 0.15) is 52.0 Å². The van der Waals surface area contributed by atoms with Crippen molar-refractivity contribution >= 4 is 23.0 Å². The predicted molar refractivity (Wildman–Crippen MR) is 86.5 cm³/mol. The third-order valence-corrected chi connectivity index (χ3v) is 3.48. The molecular formula is C15H25N3S. The summed E-state index contributed by atoms with van der Waals surface area (Å²) in [6, 6.07) is 3.76. The van der Waals surface area contributed by atoms with Gasteiger partial charge in [-0.2, -0.15) is 0 Å². The lowest BCUT2D eigenvalue weighted by Crippen LogP contribution is -2.25. The number of rotatable bonds is 8. The average molecular weight is 279 g/mol. The van der Waals surface area contributed by atoms with E-state index in [1.54, 1.807) is 6.20 Å². The summed E-state index contributed by atoms with van der Waals surface area (Å²) >= 11 is 5.04. The van der Waals surface area contributed by atoms with Crippen molar-refractivity contribution in [2.24, 2.45) is 11.1 Å². The van der Waals surface area contributed by atoms with Crippen molar-refractivity contribution in [2.75, 3.05) is 11.9 Å². The van der Waals surface area contributed by atoms with Gasteiger partial charge in [-0.3, -0.25) is 0 Å². The van der Waals surface area contributed by atoms with Crippen LogP contribution in [0.4, 0.5) is 5.82 Å². The van der Waals surface area contributed by atoms with Crippen LogP contribution in [-0.4, -0.2) is 16.5 Å². The van der Waals surface area contributed by atoms with Gasteiger partial charge in [-0.15, -0.1) is 0 Å². The molecule has 19 heavy (non-hydrogen) atoms. The fourth-order valence-corrected chi connectivity index (χ4v) is 2.17. The maximum Gasteiger partial charge on any atom is 0.136 e. The van der Waals surface area contributed by atoms with Crippen LogP contribution in [0.5, 0.6) is 0 Å². The number of thiocarbonyl (C=S) groups is 1. The molecular weight excluding hydrogens is 254 g/mol. The summed E-state index contributed by atoms with van der Waals surface area (Å²) in [6.07, 6.45) is 6.80. The summed E-state index contributed by atoms with van der Waals surface area (Å²) in [7, 11) is 0. The first kappa shape index (κ1) is 15.9. The molecule has 3 nitrogen and oxygen atoms in total. The van der Waals surface area contributed by atoms with E-state index in [1.807, 2.05) is 12.1 Å². The van der Waals surface area contributed by atoms with Gasteiger partial charge in [-0.05, 0) is 24.0 Å².